The normalized spacial score (nSPS) is 11.9. The van der Waals surface area contributed by atoms with Gasteiger partial charge in [-0.1, -0.05) is 0 Å². The third-order valence-electron chi connectivity index (χ3n) is 2.20. The Morgan fingerprint density at radius 2 is 2.00 bits per heavy atom. The molecule has 0 atom stereocenters. The highest BCUT2D eigenvalue weighted by Crippen LogP contribution is 2.28. The van der Waals surface area contributed by atoms with E-state index in [-0.39, 0.29) is 5.56 Å². The second-order valence-corrected chi connectivity index (χ2v) is 4.54. The lowest BCUT2D eigenvalue weighted by molar-refractivity contribution is 0.151. The topological polar surface area (TPSA) is 35.2 Å². The molecule has 4 heteroatoms. The van der Waals surface area contributed by atoms with Crippen LogP contribution in [0.15, 0.2) is 18.2 Å². The minimum Gasteiger partial charge on any atom is -0.496 e. The lowest BCUT2D eigenvalue weighted by Crippen LogP contribution is -2.34. The number of alkyl halides is 2. The molecule has 2 N–H and O–H groups in total. The highest BCUT2D eigenvalue weighted by molar-refractivity contribution is 5.38. The number of benzene rings is 1. The minimum atomic E-state index is -2.47. The molecule has 0 aliphatic rings. The highest BCUT2D eigenvalue weighted by Gasteiger charge is 2.17. The van der Waals surface area contributed by atoms with Crippen molar-refractivity contribution in [3.05, 3.63) is 29.3 Å². The van der Waals surface area contributed by atoms with E-state index in [4.69, 9.17) is 10.5 Å². The van der Waals surface area contributed by atoms with E-state index >= 15 is 0 Å². The van der Waals surface area contributed by atoms with E-state index in [0.29, 0.717) is 17.7 Å². The number of methoxy groups -OCH3 is 1. The molecule has 0 aliphatic heterocycles. The van der Waals surface area contributed by atoms with E-state index in [1.54, 1.807) is 6.07 Å². The van der Waals surface area contributed by atoms with Gasteiger partial charge in [-0.05, 0) is 44.0 Å². The summed E-state index contributed by atoms with van der Waals surface area (Å²) in [7, 11) is 1.52. The average molecular weight is 229 g/mol. The Balaban J connectivity index is 3.07. The maximum Gasteiger partial charge on any atom is 0.263 e. The van der Waals surface area contributed by atoms with Gasteiger partial charge in [-0.25, -0.2) is 8.78 Å². The average Bonchev–Trinajstić information content (AvgIpc) is 2.15. The predicted octanol–water partition coefficient (Wildman–Crippen LogP) is 2.91. The van der Waals surface area contributed by atoms with Crippen LogP contribution >= 0.6 is 0 Å². The van der Waals surface area contributed by atoms with Gasteiger partial charge >= 0.3 is 0 Å². The Hall–Kier alpha value is -1.16. The first-order chi connectivity index (χ1) is 7.33. The Kier molecular flexibility index (Phi) is 3.86. The fourth-order valence-electron chi connectivity index (χ4n) is 1.56. The summed E-state index contributed by atoms with van der Waals surface area (Å²) in [6.45, 7) is 3.70. The Morgan fingerprint density at radius 3 is 2.44 bits per heavy atom. The SMILES string of the molecule is COc1ccc(C(F)F)cc1CC(C)(C)N. The molecule has 2 nitrogen and oxygen atoms in total. The number of halogens is 2. The van der Waals surface area contributed by atoms with Crippen LogP contribution in [-0.2, 0) is 6.42 Å². The summed E-state index contributed by atoms with van der Waals surface area (Å²) >= 11 is 0. The van der Waals surface area contributed by atoms with Crippen LogP contribution in [0, 0.1) is 0 Å². The van der Waals surface area contributed by atoms with E-state index in [1.165, 1.54) is 19.2 Å². The molecule has 1 rings (SSSR count). The number of hydrogen-bond donors (Lipinski definition) is 1. The van der Waals surface area contributed by atoms with Crippen LogP contribution in [0.5, 0.6) is 5.75 Å². The van der Waals surface area contributed by atoms with Gasteiger partial charge in [0.25, 0.3) is 6.43 Å². The first-order valence-corrected chi connectivity index (χ1v) is 5.07. The van der Waals surface area contributed by atoms with Crippen LogP contribution in [0.2, 0.25) is 0 Å². The summed E-state index contributed by atoms with van der Waals surface area (Å²) in [5.41, 5.74) is 6.14. The van der Waals surface area contributed by atoms with E-state index < -0.39 is 12.0 Å². The zero-order valence-corrected chi connectivity index (χ0v) is 9.76. The predicted molar refractivity (Wildman–Crippen MR) is 59.9 cm³/mol. The van der Waals surface area contributed by atoms with Crippen molar-refractivity contribution < 1.29 is 13.5 Å². The van der Waals surface area contributed by atoms with Crippen LogP contribution in [0.25, 0.3) is 0 Å². The Labute approximate surface area is 94.4 Å². The second kappa shape index (κ2) is 4.78. The van der Waals surface area contributed by atoms with Crippen LogP contribution < -0.4 is 10.5 Å². The van der Waals surface area contributed by atoms with Crippen molar-refractivity contribution in [2.45, 2.75) is 32.2 Å². The largest absolute Gasteiger partial charge is 0.496 e. The Bertz CT molecular complexity index is 359. The summed E-state index contributed by atoms with van der Waals surface area (Å²) in [6.07, 6.45) is -1.97. The monoisotopic (exact) mass is 229 g/mol. The highest BCUT2D eigenvalue weighted by atomic mass is 19.3. The third-order valence-corrected chi connectivity index (χ3v) is 2.20. The zero-order chi connectivity index (χ0) is 12.3. The van der Waals surface area contributed by atoms with Gasteiger partial charge < -0.3 is 10.5 Å². The van der Waals surface area contributed by atoms with Gasteiger partial charge in [0, 0.05) is 11.1 Å². The fraction of sp³-hybridized carbons (Fsp3) is 0.500. The Morgan fingerprint density at radius 1 is 1.38 bits per heavy atom. The van der Waals surface area contributed by atoms with Crippen molar-refractivity contribution in [3.63, 3.8) is 0 Å². The molecule has 1 aromatic rings. The van der Waals surface area contributed by atoms with Crippen LogP contribution in [0.1, 0.15) is 31.4 Å². The van der Waals surface area contributed by atoms with E-state index in [9.17, 15) is 8.78 Å². The van der Waals surface area contributed by atoms with Crippen molar-refractivity contribution in [1.82, 2.24) is 0 Å². The molecule has 0 spiro atoms. The third kappa shape index (κ3) is 3.45. The number of ether oxygens (including phenoxy) is 1. The summed E-state index contributed by atoms with van der Waals surface area (Å²) in [5, 5.41) is 0. The first kappa shape index (κ1) is 12.9. The van der Waals surface area contributed by atoms with Crippen molar-refractivity contribution in [2.75, 3.05) is 7.11 Å². The van der Waals surface area contributed by atoms with E-state index in [1.807, 2.05) is 13.8 Å². The molecule has 90 valence electrons. The van der Waals surface area contributed by atoms with Gasteiger partial charge in [-0.3, -0.25) is 0 Å². The van der Waals surface area contributed by atoms with Gasteiger partial charge in [0.05, 0.1) is 7.11 Å². The smallest absolute Gasteiger partial charge is 0.263 e. The molecule has 0 saturated heterocycles. The summed E-state index contributed by atoms with van der Waals surface area (Å²) < 4.78 is 30.2. The minimum absolute atomic E-state index is 0.0000463. The molecule has 0 unspecified atom stereocenters. The number of hydrogen-bond acceptors (Lipinski definition) is 2. The van der Waals surface area contributed by atoms with Crippen LogP contribution in [-0.4, -0.2) is 12.6 Å². The van der Waals surface area contributed by atoms with Gasteiger partial charge in [0.1, 0.15) is 5.75 Å². The molecule has 0 radical (unpaired) electrons. The molecule has 0 fully saturated rings. The van der Waals surface area contributed by atoms with Crippen molar-refractivity contribution >= 4 is 0 Å². The molecule has 0 amide bonds. The summed E-state index contributed by atoms with van der Waals surface area (Å²) in [6, 6.07) is 4.39. The molecular weight excluding hydrogens is 212 g/mol. The molecule has 0 aliphatic carbocycles. The quantitative estimate of drug-likeness (QED) is 0.861. The van der Waals surface area contributed by atoms with Crippen molar-refractivity contribution in [3.8, 4) is 5.75 Å². The van der Waals surface area contributed by atoms with Gasteiger partial charge in [0.2, 0.25) is 0 Å². The first-order valence-electron chi connectivity index (χ1n) is 5.07. The van der Waals surface area contributed by atoms with Crippen LogP contribution in [0.4, 0.5) is 8.78 Å². The lowest BCUT2D eigenvalue weighted by atomic mass is 9.94. The van der Waals surface area contributed by atoms with Gasteiger partial charge in [0.15, 0.2) is 0 Å². The maximum absolute atomic E-state index is 12.5. The molecule has 0 bridgehead atoms. The molecule has 0 heterocycles. The summed E-state index contributed by atoms with van der Waals surface area (Å²) in [4.78, 5) is 0. The number of rotatable bonds is 4. The summed E-state index contributed by atoms with van der Waals surface area (Å²) in [5.74, 6) is 0.600. The number of nitrogens with two attached hydrogens (primary N) is 1. The molecule has 0 aromatic heterocycles. The van der Waals surface area contributed by atoms with Gasteiger partial charge in [-0.15, -0.1) is 0 Å². The zero-order valence-electron chi connectivity index (χ0n) is 9.76. The molecule has 0 saturated carbocycles. The van der Waals surface area contributed by atoms with Crippen molar-refractivity contribution in [2.24, 2.45) is 5.73 Å². The fourth-order valence-corrected chi connectivity index (χ4v) is 1.56. The molecule has 1 aromatic carbocycles. The standard InChI is InChI=1S/C12H17F2NO/c1-12(2,15)7-9-6-8(11(13)14)4-5-10(9)16-3/h4-6,11H,7,15H2,1-3H3. The van der Waals surface area contributed by atoms with Gasteiger partial charge in [-0.2, -0.15) is 0 Å². The van der Waals surface area contributed by atoms with Crippen molar-refractivity contribution in [1.29, 1.82) is 0 Å². The van der Waals surface area contributed by atoms with E-state index in [2.05, 4.69) is 0 Å². The van der Waals surface area contributed by atoms with E-state index in [0.717, 1.165) is 0 Å². The maximum atomic E-state index is 12.5. The second-order valence-electron chi connectivity index (χ2n) is 4.54. The lowest BCUT2D eigenvalue weighted by Gasteiger charge is -2.20. The van der Waals surface area contributed by atoms with Crippen LogP contribution in [0.3, 0.4) is 0 Å². The molecule has 16 heavy (non-hydrogen) atoms. The molecular formula is C12H17F2NO.